The van der Waals surface area contributed by atoms with Crippen LogP contribution in [0, 0.1) is 0 Å². The van der Waals surface area contributed by atoms with Crippen molar-refractivity contribution in [3.05, 3.63) is 70.3 Å². The smallest absolute Gasteiger partial charge is 0.323 e. The number of urea groups is 1. The number of hydrogen-bond donors (Lipinski definition) is 3. The number of rotatable bonds is 4. The second-order valence-corrected chi connectivity index (χ2v) is 5.34. The van der Waals surface area contributed by atoms with Gasteiger partial charge in [0.2, 0.25) is 5.91 Å². The van der Waals surface area contributed by atoms with Crippen LogP contribution in [0.5, 0.6) is 0 Å². The summed E-state index contributed by atoms with van der Waals surface area (Å²) in [5.74, 6) is -0.506. The maximum Gasteiger partial charge on any atom is 0.323 e. The first kappa shape index (κ1) is 15.8. The molecule has 5 nitrogen and oxygen atoms in total. The molecule has 0 unspecified atom stereocenters. The number of nitrogens with one attached hydrogen (secondary N) is 2. The van der Waals surface area contributed by atoms with Crippen molar-refractivity contribution in [3.63, 3.8) is 0 Å². The number of halogens is 1. The SMILES string of the molecule is NC(=O)c1ccc(NC(=O)N/C=C/c2ccc(Br)cc2)cc1. The zero-order valence-corrected chi connectivity index (χ0v) is 13.1. The molecule has 0 saturated heterocycles. The lowest BCUT2D eigenvalue weighted by Gasteiger charge is -2.05. The molecule has 0 fully saturated rings. The van der Waals surface area contributed by atoms with Gasteiger partial charge < -0.3 is 16.4 Å². The predicted molar refractivity (Wildman–Crippen MR) is 90.3 cm³/mol. The number of primary amides is 1. The summed E-state index contributed by atoms with van der Waals surface area (Å²) >= 11 is 3.36. The summed E-state index contributed by atoms with van der Waals surface area (Å²) in [7, 11) is 0. The first-order chi connectivity index (χ1) is 10.5. The summed E-state index contributed by atoms with van der Waals surface area (Å²) in [6, 6.07) is 13.6. The lowest BCUT2D eigenvalue weighted by molar-refractivity contribution is 0.100. The molecule has 4 N–H and O–H groups in total. The zero-order chi connectivity index (χ0) is 15.9. The molecule has 0 heterocycles. The normalized spacial score (nSPS) is 10.4. The van der Waals surface area contributed by atoms with E-state index in [1.165, 1.54) is 0 Å². The Morgan fingerprint density at radius 1 is 1.00 bits per heavy atom. The number of amides is 3. The number of carbonyl (C=O) groups excluding carboxylic acids is 2. The molecule has 0 aliphatic rings. The van der Waals surface area contributed by atoms with E-state index in [9.17, 15) is 9.59 Å². The first-order valence-corrected chi connectivity index (χ1v) is 7.23. The van der Waals surface area contributed by atoms with Gasteiger partial charge in [-0.25, -0.2) is 4.79 Å². The summed E-state index contributed by atoms with van der Waals surface area (Å²) in [6.45, 7) is 0. The van der Waals surface area contributed by atoms with Crippen LogP contribution < -0.4 is 16.4 Å². The fourth-order valence-corrected chi connectivity index (χ4v) is 1.94. The minimum absolute atomic E-state index is 0.375. The highest BCUT2D eigenvalue weighted by molar-refractivity contribution is 9.10. The van der Waals surface area contributed by atoms with E-state index in [4.69, 9.17) is 5.73 Å². The van der Waals surface area contributed by atoms with Gasteiger partial charge in [-0.3, -0.25) is 4.79 Å². The molecule has 6 heteroatoms. The van der Waals surface area contributed by atoms with Crippen LogP contribution in [0.3, 0.4) is 0 Å². The second kappa shape index (κ2) is 7.42. The van der Waals surface area contributed by atoms with Gasteiger partial charge in [0.25, 0.3) is 0 Å². The molecule has 2 aromatic rings. The Bertz CT molecular complexity index is 694. The lowest BCUT2D eigenvalue weighted by Crippen LogP contribution is -2.23. The van der Waals surface area contributed by atoms with Crippen LogP contribution in [0.25, 0.3) is 6.08 Å². The van der Waals surface area contributed by atoms with Crippen molar-refractivity contribution in [1.29, 1.82) is 0 Å². The summed E-state index contributed by atoms with van der Waals surface area (Å²) in [4.78, 5) is 22.6. The highest BCUT2D eigenvalue weighted by Gasteiger charge is 2.02. The van der Waals surface area contributed by atoms with Gasteiger partial charge in [-0.15, -0.1) is 0 Å². The molecule has 0 aromatic heterocycles. The Hall–Kier alpha value is -2.60. The molecule has 0 aliphatic carbocycles. The van der Waals surface area contributed by atoms with Crippen LogP contribution in [-0.4, -0.2) is 11.9 Å². The van der Waals surface area contributed by atoms with Crippen molar-refractivity contribution in [2.45, 2.75) is 0 Å². The summed E-state index contributed by atoms with van der Waals surface area (Å²) in [5, 5.41) is 5.24. The fraction of sp³-hybridized carbons (Fsp3) is 0. The molecule has 0 aliphatic heterocycles. The summed E-state index contributed by atoms with van der Waals surface area (Å²) in [5.41, 5.74) is 7.07. The third kappa shape index (κ3) is 4.75. The van der Waals surface area contributed by atoms with Gasteiger partial charge in [0.1, 0.15) is 0 Å². The van der Waals surface area contributed by atoms with Crippen LogP contribution in [0.15, 0.2) is 59.2 Å². The van der Waals surface area contributed by atoms with Crippen molar-refractivity contribution in [3.8, 4) is 0 Å². The van der Waals surface area contributed by atoms with E-state index >= 15 is 0 Å². The number of benzene rings is 2. The molecular formula is C16H14BrN3O2. The van der Waals surface area contributed by atoms with Gasteiger partial charge in [-0.2, -0.15) is 0 Å². The van der Waals surface area contributed by atoms with Gasteiger partial charge in [0, 0.05) is 21.9 Å². The molecule has 2 rings (SSSR count). The second-order valence-electron chi connectivity index (χ2n) is 4.42. The van der Waals surface area contributed by atoms with Crippen molar-refractivity contribution >= 4 is 39.6 Å². The van der Waals surface area contributed by atoms with E-state index in [1.54, 1.807) is 36.5 Å². The Morgan fingerprint density at radius 2 is 1.64 bits per heavy atom. The van der Waals surface area contributed by atoms with E-state index < -0.39 is 5.91 Å². The van der Waals surface area contributed by atoms with Crippen molar-refractivity contribution in [2.75, 3.05) is 5.32 Å². The highest BCUT2D eigenvalue weighted by Crippen LogP contribution is 2.11. The van der Waals surface area contributed by atoms with Crippen molar-refractivity contribution < 1.29 is 9.59 Å². The monoisotopic (exact) mass is 359 g/mol. The van der Waals surface area contributed by atoms with Gasteiger partial charge in [0.15, 0.2) is 0 Å². The predicted octanol–water partition coefficient (Wildman–Crippen LogP) is 3.34. The molecule has 0 radical (unpaired) electrons. The van der Waals surface area contributed by atoms with Crippen molar-refractivity contribution in [1.82, 2.24) is 5.32 Å². The third-order valence-electron chi connectivity index (χ3n) is 2.79. The summed E-state index contributed by atoms with van der Waals surface area (Å²) in [6.07, 6.45) is 3.33. The lowest BCUT2D eigenvalue weighted by atomic mass is 10.2. The number of carbonyl (C=O) groups is 2. The van der Waals surface area contributed by atoms with E-state index in [2.05, 4.69) is 26.6 Å². The van der Waals surface area contributed by atoms with Gasteiger partial charge >= 0.3 is 6.03 Å². The molecular weight excluding hydrogens is 346 g/mol. The minimum Gasteiger partial charge on any atom is -0.366 e. The molecule has 0 atom stereocenters. The van der Waals surface area contributed by atoms with Crippen LogP contribution in [-0.2, 0) is 0 Å². The van der Waals surface area contributed by atoms with E-state index in [0.29, 0.717) is 11.3 Å². The van der Waals surface area contributed by atoms with Crippen LogP contribution in [0.1, 0.15) is 15.9 Å². The molecule has 0 bridgehead atoms. The number of nitrogens with two attached hydrogens (primary N) is 1. The Kier molecular flexibility index (Phi) is 5.32. The maximum absolute atomic E-state index is 11.7. The maximum atomic E-state index is 11.7. The molecule has 0 spiro atoms. The van der Waals surface area contributed by atoms with Gasteiger partial charge in [0.05, 0.1) is 0 Å². The largest absolute Gasteiger partial charge is 0.366 e. The quantitative estimate of drug-likeness (QED) is 0.781. The first-order valence-electron chi connectivity index (χ1n) is 6.44. The Labute approximate surface area is 136 Å². The topological polar surface area (TPSA) is 84.2 Å². The number of hydrogen-bond acceptors (Lipinski definition) is 2. The van der Waals surface area contributed by atoms with Crippen molar-refractivity contribution in [2.24, 2.45) is 5.73 Å². The van der Waals surface area contributed by atoms with Gasteiger partial charge in [-0.1, -0.05) is 28.1 Å². The molecule has 0 saturated carbocycles. The molecule has 3 amide bonds. The van der Waals surface area contributed by atoms with Crippen LogP contribution in [0.4, 0.5) is 10.5 Å². The minimum atomic E-state index is -0.506. The number of anilines is 1. The third-order valence-corrected chi connectivity index (χ3v) is 3.32. The average molecular weight is 360 g/mol. The van der Waals surface area contributed by atoms with Gasteiger partial charge in [-0.05, 0) is 48.0 Å². The summed E-state index contributed by atoms with van der Waals surface area (Å²) < 4.78 is 0.995. The average Bonchev–Trinajstić information content (AvgIpc) is 2.50. The Morgan fingerprint density at radius 3 is 2.23 bits per heavy atom. The molecule has 112 valence electrons. The standard InChI is InChI=1S/C16H14BrN3O2/c17-13-5-1-11(2-6-13)9-10-19-16(22)20-14-7-3-12(4-8-14)15(18)21/h1-10H,(H2,18,21)(H2,19,20,22)/b10-9+. The van der Waals surface area contributed by atoms with E-state index in [1.807, 2.05) is 24.3 Å². The zero-order valence-electron chi connectivity index (χ0n) is 11.5. The van der Waals surface area contributed by atoms with Crippen LogP contribution in [0.2, 0.25) is 0 Å². The highest BCUT2D eigenvalue weighted by atomic mass is 79.9. The van der Waals surface area contributed by atoms with E-state index in [0.717, 1.165) is 10.0 Å². The Balaban J connectivity index is 1.87. The molecule has 2 aromatic carbocycles. The molecule has 22 heavy (non-hydrogen) atoms. The van der Waals surface area contributed by atoms with E-state index in [-0.39, 0.29) is 6.03 Å². The fourth-order valence-electron chi connectivity index (χ4n) is 1.67. The van der Waals surface area contributed by atoms with Crippen LogP contribution >= 0.6 is 15.9 Å².